The predicted octanol–water partition coefficient (Wildman–Crippen LogP) is 2.82. The number of fused-ring (bicyclic) bond motifs is 1. The van der Waals surface area contributed by atoms with Gasteiger partial charge in [-0.25, -0.2) is 8.42 Å². The molecule has 28 heavy (non-hydrogen) atoms. The number of nitrogens with zero attached hydrogens (tertiary/aromatic N) is 1. The molecule has 1 heterocycles. The molecule has 0 bridgehead atoms. The summed E-state index contributed by atoms with van der Waals surface area (Å²) >= 11 is 0. The number of benzene rings is 2. The third-order valence-electron chi connectivity index (χ3n) is 4.61. The first kappa shape index (κ1) is 20.3. The highest BCUT2D eigenvalue weighted by atomic mass is 32.2. The molecular weight excluding hydrogens is 393 g/mol. The van der Waals surface area contributed by atoms with E-state index in [0.29, 0.717) is 19.5 Å². The minimum atomic E-state index is -4.48. The number of halogens is 3. The Bertz CT molecular complexity index is 957. The summed E-state index contributed by atoms with van der Waals surface area (Å²) in [5, 5.41) is 2.45. The molecule has 1 aliphatic rings. The maximum absolute atomic E-state index is 12.6. The van der Waals surface area contributed by atoms with Crippen molar-refractivity contribution in [2.75, 3.05) is 18.8 Å². The normalized spacial score (nSPS) is 15.1. The zero-order chi connectivity index (χ0) is 20.4. The maximum atomic E-state index is 12.6. The van der Waals surface area contributed by atoms with Gasteiger partial charge in [0.2, 0.25) is 10.0 Å². The summed E-state index contributed by atoms with van der Waals surface area (Å²) in [7, 11) is -3.56. The lowest BCUT2D eigenvalue weighted by atomic mass is 10.0. The topological polar surface area (TPSA) is 66.5 Å². The number of hydrogen-bond donors (Lipinski definition) is 1. The molecule has 0 atom stereocenters. The van der Waals surface area contributed by atoms with Gasteiger partial charge < -0.3 is 5.32 Å². The van der Waals surface area contributed by atoms with Crippen LogP contribution < -0.4 is 5.32 Å². The van der Waals surface area contributed by atoms with Crippen LogP contribution in [0.25, 0.3) is 0 Å². The number of nitrogens with one attached hydrogen (secondary N) is 1. The number of alkyl halides is 3. The van der Waals surface area contributed by atoms with Crippen LogP contribution in [0, 0.1) is 0 Å². The average molecular weight is 412 g/mol. The molecule has 0 aromatic heterocycles. The van der Waals surface area contributed by atoms with E-state index in [-0.39, 0.29) is 17.9 Å². The van der Waals surface area contributed by atoms with Gasteiger partial charge in [0.25, 0.3) is 5.91 Å². The van der Waals surface area contributed by atoms with Crippen molar-refractivity contribution in [3.05, 3.63) is 70.8 Å². The SMILES string of the molecule is O=C(NCCS(=O)(=O)N1CCc2ccccc2C1)c1ccc(C(F)(F)F)cc1. The van der Waals surface area contributed by atoms with Crippen molar-refractivity contribution >= 4 is 15.9 Å². The molecule has 1 N–H and O–H groups in total. The Kier molecular flexibility index (Phi) is 5.76. The van der Waals surface area contributed by atoms with Crippen molar-refractivity contribution in [1.29, 1.82) is 0 Å². The van der Waals surface area contributed by atoms with Gasteiger partial charge in [-0.3, -0.25) is 4.79 Å². The lowest BCUT2D eigenvalue weighted by Gasteiger charge is -2.28. The fourth-order valence-electron chi connectivity index (χ4n) is 3.04. The lowest BCUT2D eigenvalue weighted by Crippen LogP contribution is -2.40. The molecule has 0 unspecified atom stereocenters. The van der Waals surface area contributed by atoms with Gasteiger partial charge in [-0.05, 0) is 41.8 Å². The molecule has 2 aromatic rings. The Morgan fingerprint density at radius 3 is 2.32 bits per heavy atom. The Hall–Kier alpha value is -2.39. The zero-order valence-electron chi connectivity index (χ0n) is 14.9. The molecule has 5 nitrogen and oxygen atoms in total. The molecule has 0 saturated carbocycles. The summed E-state index contributed by atoms with van der Waals surface area (Å²) in [5.41, 5.74) is 1.28. The van der Waals surface area contributed by atoms with Gasteiger partial charge in [0, 0.05) is 25.2 Å². The van der Waals surface area contributed by atoms with Crippen LogP contribution in [-0.2, 0) is 29.2 Å². The number of hydrogen-bond acceptors (Lipinski definition) is 3. The van der Waals surface area contributed by atoms with Crippen LogP contribution in [0.4, 0.5) is 13.2 Å². The Morgan fingerprint density at radius 2 is 1.68 bits per heavy atom. The number of carbonyl (C=O) groups is 1. The van der Waals surface area contributed by atoms with Gasteiger partial charge in [-0.15, -0.1) is 0 Å². The Morgan fingerprint density at radius 1 is 1.04 bits per heavy atom. The van der Waals surface area contributed by atoms with Gasteiger partial charge in [0.1, 0.15) is 0 Å². The van der Waals surface area contributed by atoms with Gasteiger partial charge in [0.15, 0.2) is 0 Å². The standard InChI is InChI=1S/C19H19F3N2O3S/c20-19(21,22)17-7-5-15(6-8-17)18(25)23-10-12-28(26,27)24-11-9-14-3-1-2-4-16(14)13-24/h1-8H,9-13H2,(H,23,25). The second kappa shape index (κ2) is 7.92. The fraction of sp³-hybridized carbons (Fsp3) is 0.316. The van der Waals surface area contributed by atoms with E-state index >= 15 is 0 Å². The van der Waals surface area contributed by atoms with Crippen LogP contribution >= 0.6 is 0 Å². The summed E-state index contributed by atoms with van der Waals surface area (Å²) in [6.45, 7) is 0.553. The first-order valence-electron chi connectivity index (χ1n) is 8.67. The van der Waals surface area contributed by atoms with E-state index in [0.717, 1.165) is 35.4 Å². The third-order valence-corrected chi connectivity index (χ3v) is 6.43. The molecular formula is C19H19F3N2O3S. The van der Waals surface area contributed by atoms with Crippen LogP contribution in [0.15, 0.2) is 48.5 Å². The van der Waals surface area contributed by atoms with Crippen molar-refractivity contribution in [3.8, 4) is 0 Å². The highest BCUT2D eigenvalue weighted by Gasteiger charge is 2.30. The number of carbonyl (C=O) groups excluding carboxylic acids is 1. The van der Waals surface area contributed by atoms with Gasteiger partial charge >= 0.3 is 6.18 Å². The van der Waals surface area contributed by atoms with Gasteiger partial charge in [-0.2, -0.15) is 17.5 Å². The van der Waals surface area contributed by atoms with E-state index in [9.17, 15) is 26.4 Å². The predicted molar refractivity (Wildman–Crippen MR) is 98.1 cm³/mol. The van der Waals surface area contributed by atoms with Gasteiger partial charge in [0.05, 0.1) is 11.3 Å². The zero-order valence-corrected chi connectivity index (χ0v) is 15.7. The quantitative estimate of drug-likeness (QED) is 0.821. The van der Waals surface area contributed by atoms with E-state index in [2.05, 4.69) is 5.32 Å². The second-order valence-corrected chi connectivity index (χ2v) is 8.59. The second-order valence-electron chi connectivity index (χ2n) is 6.50. The van der Waals surface area contributed by atoms with E-state index in [4.69, 9.17) is 0 Å². The largest absolute Gasteiger partial charge is 0.416 e. The highest BCUT2D eigenvalue weighted by Crippen LogP contribution is 2.29. The highest BCUT2D eigenvalue weighted by molar-refractivity contribution is 7.89. The molecule has 0 fully saturated rings. The fourth-order valence-corrected chi connectivity index (χ4v) is 4.37. The molecule has 3 rings (SSSR count). The molecule has 1 amide bonds. The van der Waals surface area contributed by atoms with Crippen molar-refractivity contribution in [2.45, 2.75) is 19.1 Å². The van der Waals surface area contributed by atoms with Crippen molar-refractivity contribution < 1.29 is 26.4 Å². The Labute approximate surface area is 161 Å². The van der Waals surface area contributed by atoms with Crippen LogP contribution in [0.2, 0.25) is 0 Å². The minimum Gasteiger partial charge on any atom is -0.351 e. The number of rotatable bonds is 5. The van der Waals surface area contributed by atoms with E-state index in [1.54, 1.807) is 0 Å². The first-order chi connectivity index (χ1) is 13.2. The lowest BCUT2D eigenvalue weighted by molar-refractivity contribution is -0.137. The Balaban J connectivity index is 1.55. The summed E-state index contributed by atoms with van der Waals surface area (Å²) in [4.78, 5) is 12.0. The number of sulfonamides is 1. The molecule has 2 aromatic carbocycles. The average Bonchev–Trinajstić information content (AvgIpc) is 2.67. The van der Waals surface area contributed by atoms with Crippen LogP contribution in [0.5, 0.6) is 0 Å². The summed E-state index contributed by atoms with van der Waals surface area (Å²) < 4.78 is 64.1. The molecule has 1 aliphatic heterocycles. The van der Waals surface area contributed by atoms with E-state index in [1.807, 2.05) is 24.3 Å². The molecule has 0 saturated heterocycles. The monoisotopic (exact) mass is 412 g/mol. The first-order valence-corrected chi connectivity index (χ1v) is 10.3. The number of amides is 1. The summed E-state index contributed by atoms with van der Waals surface area (Å²) in [6.07, 6.45) is -3.84. The van der Waals surface area contributed by atoms with Gasteiger partial charge in [-0.1, -0.05) is 24.3 Å². The van der Waals surface area contributed by atoms with Crippen LogP contribution in [-0.4, -0.2) is 37.5 Å². The maximum Gasteiger partial charge on any atom is 0.416 e. The molecule has 9 heteroatoms. The van der Waals surface area contributed by atoms with Crippen molar-refractivity contribution in [1.82, 2.24) is 9.62 Å². The molecule has 150 valence electrons. The van der Waals surface area contributed by atoms with Crippen molar-refractivity contribution in [3.63, 3.8) is 0 Å². The van der Waals surface area contributed by atoms with Crippen molar-refractivity contribution in [2.24, 2.45) is 0 Å². The molecule has 0 spiro atoms. The van der Waals surface area contributed by atoms with E-state index in [1.165, 1.54) is 4.31 Å². The van der Waals surface area contributed by atoms with E-state index < -0.39 is 27.7 Å². The summed E-state index contributed by atoms with van der Waals surface area (Å²) in [6, 6.07) is 11.4. The molecule has 0 aliphatic carbocycles. The third kappa shape index (κ3) is 4.71. The van der Waals surface area contributed by atoms with Crippen LogP contribution in [0.1, 0.15) is 27.0 Å². The smallest absolute Gasteiger partial charge is 0.351 e. The minimum absolute atomic E-state index is 0.0392. The molecule has 0 radical (unpaired) electrons. The summed E-state index contributed by atoms with van der Waals surface area (Å²) in [5.74, 6) is -0.894. The van der Waals surface area contributed by atoms with Crippen LogP contribution in [0.3, 0.4) is 0 Å².